The first kappa shape index (κ1) is 16.5. The van der Waals surface area contributed by atoms with Gasteiger partial charge in [0.25, 0.3) is 0 Å². The zero-order valence-electron chi connectivity index (χ0n) is 12.9. The molecule has 0 spiro atoms. The molecule has 0 saturated heterocycles. The van der Waals surface area contributed by atoms with E-state index < -0.39 is 0 Å². The minimum Gasteiger partial charge on any atom is -0.399 e. The molecule has 1 atom stereocenters. The van der Waals surface area contributed by atoms with E-state index in [1.54, 1.807) is 0 Å². The summed E-state index contributed by atoms with van der Waals surface area (Å²) in [4.78, 5) is 14.1. The number of hydrogen-bond donors (Lipinski definition) is 2. The third-order valence-electron chi connectivity index (χ3n) is 3.30. The van der Waals surface area contributed by atoms with Crippen LogP contribution in [0.3, 0.4) is 0 Å². The molecule has 0 bridgehead atoms. The first-order valence-corrected chi connectivity index (χ1v) is 7.41. The Balaban J connectivity index is 2.48. The highest BCUT2D eigenvalue weighted by Gasteiger charge is 2.11. The van der Waals surface area contributed by atoms with Crippen molar-refractivity contribution in [1.82, 2.24) is 10.2 Å². The summed E-state index contributed by atoms with van der Waals surface area (Å²) in [5.74, 6) is 0.0942. The fourth-order valence-electron chi connectivity index (χ4n) is 2.26. The highest BCUT2D eigenvalue weighted by Crippen LogP contribution is 2.09. The predicted octanol–water partition coefficient (Wildman–Crippen LogP) is 2.40. The summed E-state index contributed by atoms with van der Waals surface area (Å²) >= 11 is 0. The Morgan fingerprint density at radius 3 is 2.75 bits per heavy atom. The third-order valence-corrected chi connectivity index (χ3v) is 3.30. The van der Waals surface area contributed by atoms with E-state index in [1.165, 1.54) is 0 Å². The van der Waals surface area contributed by atoms with Gasteiger partial charge in [0.2, 0.25) is 5.91 Å². The van der Waals surface area contributed by atoms with E-state index in [0.717, 1.165) is 37.2 Å². The summed E-state index contributed by atoms with van der Waals surface area (Å²) < 4.78 is 0. The first-order valence-electron chi connectivity index (χ1n) is 7.41. The van der Waals surface area contributed by atoms with Crippen molar-refractivity contribution in [2.24, 2.45) is 0 Å². The summed E-state index contributed by atoms with van der Waals surface area (Å²) in [6, 6.07) is 8.07. The van der Waals surface area contributed by atoms with Gasteiger partial charge in [0, 0.05) is 18.3 Å². The maximum absolute atomic E-state index is 12.0. The maximum atomic E-state index is 12.0. The maximum Gasteiger partial charge on any atom is 0.234 e. The lowest BCUT2D eigenvalue weighted by Gasteiger charge is -2.21. The molecule has 0 saturated carbocycles. The lowest BCUT2D eigenvalue weighted by atomic mass is 10.2. The number of nitrogens with two attached hydrogens (primary N) is 1. The summed E-state index contributed by atoms with van der Waals surface area (Å²) in [5, 5.41) is 3.04. The number of rotatable bonds is 8. The molecular formula is C16H27N3O. The minimum absolute atomic E-state index is 0.0942. The van der Waals surface area contributed by atoms with E-state index in [2.05, 4.69) is 31.0 Å². The molecule has 0 aliphatic heterocycles. The van der Waals surface area contributed by atoms with Crippen LogP contribution >= 0.6 is 0 Å². The Morgan fingerprint density at radius 2 is 2.15 bits per heavy atom. The number of anilines is 1. The average Bonchev–Trinajstić information content (AvgIpc) is 2.38. The molecule has 1 unspecified atom stereocenters. The van der Waals surface area contributed by atoms with Crippen molar-refractivity contribution < 1.29 is 4.79 Å². The van der Waals surface area contributed by atoms with Crippen LogP contribution < -0.4 is 11.1 Å². The molecule has 0 aliphatic carbocycles. The fraction of sp³-hybridized carbons (Fsp3) is 0.562. The van der Waals surface area contributed by atoms with Crippen LogP contribution in [0.5, 0.6) is 0 Å². The number of benzene rings is 1. The SMILES string of the molecule is CCCC(C)NC(=O)CN(CC)Cc1cccc(N)c1. The van der Waals surface area contributed by atoms with Crippen molar-refractivity contribution in [3.05, 3.63) is 29.8 Å². The lowest BCUT2D eigenvalue weighted by Crippen LogP contribution is -2.40. The van der Waals surface area contributed by atoms with Gasteiger partial charge in [-0.2, -0.15) is 0 Å². The number of carbonyl (C=O) groups excluding carboxylic acids is 1. The van der Waals surface area contributed by atoms with E-state index in [0.29, 0.717) is 6.54 Å². The molecule has 0 fully saturated rings. The van der Waals surface area contributed by atoms with Crippen LogP contribution in [-0.2, 0) is 11.3 Å². The van der Waals surface area contributed by atoms with Gasteiger partial charge in [-0.05, 0) is 37.6 Å². The van der Waals surface area contributed by atoms with Crippen LogP contribution in [0, 0.1) is 0 Å². The second-order valence-corrected chi connectivity index (χ2v) is 5.31. The Bertz CT molecular complexity index is 420. The standard InChI is InChI=1S/C16H27N3O/c1-4-7-13(3)18-16(20)12-19(5-2)11-14-8-6-9-15(17)10-14/h6,8-10,13H,4-5,7,11-12,17H2,1-3H3,(H,18,20). The van der Waals surface area contributed by atoms with E-state index in [1.807, 2.05) is 24.3 Å². The van der Waals surface area contributed by atoms with E-state index in [4.69, 9.17) is 5.73 Å². The van der Waals surface area contributed by atoms with Crippen molar-refractivity contribution in [2.45, 2.75) is 46.2 Å². The fourth-order valence-corrected chi connectivity index (χ4v) is 2.26. The van der Waals surface area contributed by atoms with Crippen LogP contribution in [0.2, 0.25) is 0 Å². The van der Waals surface area contributed by atoms with Crippen LogP contribution in [-0.4, -0.2) is 29.9 Å². The Hall–Kier alpha value is -1.55. The van der Waals surface area contributed by atoms with Gasteiger partial charge in [-0.25, -0.2) is 0 Å². The minimum atomic E-state index is 0.0942. The summed E-state index contributed by atoms with van der Waals surface area (Å²) in [6.07, 6.45) is 2.11. The quantitative estimate of drug-likeness (QED) is 0.717. The van der Waals surface area contributed by atoms with Gasteiger partial charge in [0.15, 0.2) is 0 Å². The summed E-state index contributed by atoms with van der Waals surface area (Å²) in [5.41, 5.74) is 7.68. The molecule has 0 aliphatic rings. The third kappa shape index (κ3) is 6.06. The van der Waals surface area contributed by atoms with Gasteiger partial charge in [-0.3, -0.25) is 9.69 Å². The summed E-state index contributed by atoms with van der Waals surface area (Å²) in [6.45, 7) is 8.26. The van der Waals surface area contributed by atoms with Gasteiger partial charge in [0.1, 0.15) is 0 Å². The molecule has 4 nitrogen and oxygen atoms in total. The van der Waals surface area contributed by atoms with Crippen molar-refractivity contribution in [3.63, 3.8) is 0 Å². The molecule has 112 valence electrons. The van der Waals surface area contributed by atoms with Crippen molar-refractivity contribution in [3.8, 4) is 0 Å². The molecule has 1 aromatic rings. The molecule has 1 amide bonds. The molecule has 4 heteroatoms. The Labute approximate surface area is 122 Å². The molecule has 0 aromatic heterocycles. The monoisotopic (exact) mass is 277 g/mol. The molecule has 1 aromatic carbocycles. The highest BCUT2D eigenvalue weighted by molar-refractivity contribution is 5.78. The van der Waals surface area contributed by atoms with Crippen molar-refractivity contribution >= 4 is 11.6 Å². The van der Waals surface area contributed by atoms with Crippen LogP contribution in [0.15, 0.2) is 24.3 Å². The molecular weight excluding hydrogens is 250 g/mol. The Kier molecular flexibility index (Phi) is 7.09. The van der Waals surface area contributed by atoms with Gasteiger partial charge in [0.05, 0.1) is 6.54 Å². The van der Waals surface area contributed by atoms with E-state index >= 15 is 0 Å². The molecule has 3 N–H and O–H groups in total. The topological polar surface area (TPSA) is 58.4 Å². The molecule has 20 heavy (non-hydrogen) atoms. The first-order chi connectivity index (χ1) is 9.55. The molecule has 0 radical (unpaired) electrons. The largest absolute Gasteiger partial charge is 0.399 e. The number of nitrogen functional groups attached to an aromatic ring is 1. The van der Waals surface area contributed by atoms with Gasteiger partial charge in [-0.15, -0.1) is 0 Å². The smallest absolute Gasteiger partial charge is 0.234 e. The number of hydrogen-bond acceptors (Lipinski definition) is 3. The average molecular weight is 277 g/mol. The normalized spacial score (nSPS) is 12.4. The summed E-state index contributed by atoms with van der Waals surface area (Å²) in [7, 11) is 0. The second kappa shape index (κ2) is 8.59. The van der Waals surface area contributed by atoms with Crippen LogP contribution in [0.4, 0.5) is 5.69 Å². The van der Waals surface area contributed by atoms with Crippen molar-refractivity contribution in [1.29, 1.82) is 0 Å². The molecule has 1 rings (SSSR count). The second-order valence-electron chi connectivity index (χ2n) is 5.31. The number of nitrogens with one attached hydrogen (secondary N) is 1. The predicted molar refractivity (Wildman–Crippen MR) is 84.3 cm³/mol. The number of likely N-dealkylation sites (N-methyl/N-ethyl adjacent to an activating group) is 1. The number of nitrogens with zero attached hydrogens (tertiary/aromatic N) is 1. The zero-order chi connectivity index (χ0) is 15.0. The van der Waals surface area contributed by atoms with Crippen LogP contribution in [0.25, 0.3) is 0 Å². The highest BCUT2D eigenvalue weighted by atomic mass is 16.2. The number of amides is 1. The zero-order valence-corrected chi connectivity index (χ0v) is 12.9. The number of carbonyl (C=O) groups is 1. The Morgan fingerprint density at radius 1 is 1.40 bits per heavy atom. The van der Waals surface area contributed by atoms with Crippen molar-refractivity contribution in [2.75, 3.05) is 18.8 Å². The van der Waals surface area contributed by atoms with Gasteiger partial charge in [-0.1, -0.05) is 32.4 Å². The van der Waals surface area contributed by atoms with Crippen LogP contribution in [0.1, 0.15) is 39.2 Å². The van der Waals surface area contributed by atoms with E-state index in [-0.39, 0.29) is 11.9 Å². The van der Waals surface area contributed by atoms with E-state index in [9.17, 15) is 4.79 Å². The van der Waals surface area contributed by atoms with Gasteiger partial charge < -0.3 is 11.1 Å². The molecule has 0 heterocycles. The van der Waals surface area contributed by atoms with Gasteiger partial charge >= 0.3 is 0 Å². The lowest BCUT2D eigenvalue weighted by molar-refractivity contribution is -0.123.